The molecule has 3 heterocycles. The smallest absolute Gasteiger partial charge is 0.125 e. The van der Waals surface area contributed by atoms with Crippen molar-refractivity contribution in [1.82, 2.24) is 20.1 Å². The van der Waals surface area contributed by atoms with Crippen LogP contribution in [0, 0.1) is 0 Å². The summed E-state index contributed by atoms with van der Waals surface area (Å²) in [5, 5.41) is 49.1. The number of aromatic nitrogens is 3. The molecule has 6 N–H and O–H groups in total. The number of unbranched alkanes of at least 4 members (excludes halogenated alkanes) is 3. The Bertz CT molecular complexity index is 712. The van der Waals surface area contributed by atoms with E-state index in [4.69, 9.17) is 0 Å². The highest BCUT2D eigenvalue weighted by molar-refractivity contribution is 5.61. The van der Waals surface area contributed by atoms with Crippen LogP contribution >= 0.6 is 0 Å². The van der Waals surface area contributed by atoms with Crippen LogP contribution in [0.2, 0.25) is 0 Å². The van der Waals surface area contributed by atoms with E-state index in [9.17, 15) is 20.4 Å². The van der Waals surface area contributed by atoms with E-state index in [0.29, 0.717) is 6.54 Å². The number of piperidine rings is 1. The summed E-state index contributed by atoms with van der Waals surface area (Å²) in [4.78, 5) is 6.28. The fourth-order valence-corrected chi connectivity index (χ4v) is 3.72. The van der Waals surface area contributed by atoms with Crippen molar-refractivity contribution in [1.29, 1.82) is 0 Å². The van der Waals surface area contributed by atoms with E-state index in [1.807, 2.05) is 29.4 Å². The summed E-state index contributed by atoms with van der Waals surface area (Å²) < 4.78 is 0. The highest BCUT2D eigenvalue weighted by Crippen LogP contribution is 2.20. The average Bonchev–Trinajstić information content (AvgIpc) is 3.27. The van der Waals surface area contributed by atoms with Crippen molar-refractivity contribution in [3.05, 3.63) is 30.7 Å². The molecule has 0 bridgehead atoms. The number of rotatable bonds is 10. The highest BCUT2D eigenvalue weighted by Gasteiger charge is 2.40. The molecule has 0 unspecified atom stereocenters. The molecule has 1 aliphatic heterocycles. The Morgan fingerprint density at radius 2 is 1.86 bits per heavy atom. The molecule has 2 aromatic heterocycles. The molecule has 0 radical (unpaired) electrons. The van der Waals surface area contributed by atoms with Gasteiger partial charge in [0.15, 0.2) is 0 Å². The van der Waals surface area contributed by atoms with E-state index in [1.165, 1.54) is 0 Å². The number of likely N-dealkylation sites (tertiary alicyclic amines) is 1. The molecule has 0 aromatic carbocycles. The molecule has 2 aromatic rings. The van der Waals surface area contributed by atoms with Crippen LogP contribution < -0.4 is 5.32 Å². The third-order valence-corrected chi connectivity index (χ3v) is 5.49. The molecule has 0 aliphatic carbocycles. The number of aromatic amines is 1. The number of pyridine rings is 1. The van der Waals surface area contributed by atoms with Gasteiger partial charge < -0.3 is 25.7 Å². The lowest BCUT2D eigenvalue weighted by molar-refractivity contribution is -0.145. The number of aliphatic hydroxyl groups is 4. The molecule has 29 heavy (non-hydrogen) atoms. The largest absolute Gasteiger partial charge is 0.395 e. The van der Waals surface area contributed by atoms with E-state index >= 15 is 0 Å². The molecule has 1 saturated heterocycles. The maximum atomic E-state index is 10.00. The lowest BCUT2D eigenvalue weighted by Crippen LogP contribution is -2.62. The van der Waals surface area contributed by atoms with Gasteiger partial charge in [-0.25, -0.2) is 4.98 Å². The van der Waals surface area contributed by atoms with Crippen LogP contribution in [0.3, 0.4) is 0 Å². The third kappa shape index (κ3) is 5.74. The number of aliphatic hydroxyl groups excluding tert-OH is 4. The Hall–Kier alpha value is -2.04. The van der Waals surface area contributed by atoms with Gasteiger partial charge in [0.25, 0.3) is 0 Å². The average molecular weight is 405 g/mol. The molecular weight excluding hydrogens is 374 g/mol. The Labute approximate surface area is 170 Å². The van der Waals surface area contributed by atoms with Crippen LogP contribution in [0.1, 0.15) is 25.7 Å². The van der Waals surface area contributed by atoms with Gasteiger partial charge in [-0.1, -0.05) is 12.8 Å². The Morgan fingerprint density at radius 3 is 2.55 bits per heavy atom. The van der Waals surface area contributed by atoms with Gasteiger partial charge in [0.05, 0.1) is 24.9 Å². The first-order chi connectivity index (χ1) is 14.1. The standard InChI is InChI=1S/C20H31N5O4/c26-13-16-19(28)20(29)17(27)12-25(16)8-4-2-1-3-7-21-18-6-5-14(9-22-18)15-10-23-24-11-15/h5-6,9-11,16-17,19-20,26-29H,1-4,7-8,12-13H2,(H,21,22)(H,23,24)/t16-,17+,19-,20-/m1/s1. The summed E-state index contributed by atoms with van der Waals surface area (Å²) in [6.45, 7) is 1.55. The maximum Gasteiger partial charge on any atom is 0.125 e. The van der Waals surface area contributed by atoms with Gasteiger partial charge >= 0.3 is 0 Å². The first-order valence-electron chi connectivity index (χ1n) is 10.2. The van der Waals surface area contributed by atoms with E-state index in [1.54, 1.807) is 6.20 Å². The van der Waals surface area contributed by atoms with Crippen molar-refractivity contribution in [3.63, 3.8) is 0 Å². The first kappa shape index (κ1) is 21.7. The molecule has 160 valence electrons. The van der Waals surface area contributed by atoms with Gasteiger partial charge in [-0.05, 0) is 31.5 Å². The quantitative estimate of drug-likeness (QED) is 0.308. The minimum absolute atomic E-state index is 0.235. The second kappa shape index (κ2) is 10.7. The Morgan fingerprint density at radius 1 is 1.03 bits per heavy atom. The second-order valence-electron chi connectivity index (χ2n) is 7.55. The van der Waals surface area contributed by atoms with Crippen LogP contribution in [-0.2, 0) is 0 Å². The zero-order valence-corrected chi connectivity index (χ0v) is 16.5. The molecule has 1 fully saturated rings. The van der Waals surface area contributed by atoms with Crippen LogP contribution in [0.4, 0.5) is 5.82 Å². The van der Waals surface area contributed by atoms with Crippen LogP contribution in [-0.4, -0.2) is 91.1 Å². The molecular formula is C20H31N5O4. The molecule has 4 atom stereocenters. The summed E-state index contributed by atoms with van der Waals surface area (Å²) in [6, 6.07) is 3.45. The van der Waals surface area contributed by atoms with Crippen molar-refractivity contribution in [2.75, 3.05) is 31.6 Å². The number of nitrogens with zero attached hydrogens (tertiary/aromatic N) is 3. The first-order valence-corrected chi connectivity index (χ1v) is 10.2. The van der Waals surface area contributed by atoms with E-state index in [0.717, 1.165) is 49.2 Å². The van der Waals surface area contributed by atoms with Crippen LogP contribution in [0.15, 0.2) is 30.7 Å². The summed E-state index contributed by atoms with van der Waals surface area (Å²) in [5.74, 6) is 0.845. The Balaban J connectivity index is 1.30. The van der Waals surface area contributed by atoms with Gasteiger partial charge in [0.2, 0.25) is 0 Å². The van der Waals surface area contributed by atoms with Crippen molar-refractivity contribution in [2.24, 2.45) is 0 Å². The van der Waals surface area contributed by atoms with Gasteiger partial charge in [-0.2, -0.15) is 5.10 Å². The van der Waals surface area contributed by atoms with Gasteiger partial charge in [0.1, 0.15) is 18.0 Å². The van der Waals surface area contributed by atoms with Crippen molar-refractivity contribution in [2.45, 2.75) is 50.0 Å². The van der Waals surface area contributed by atoms with Crippen molar-refractivity contribution >= 4 is 5.82 Å². The highest BCUT2D eigenvalue weighted by atomic mass is 16.4. The summed E-state index contributed by atoms with van der Waals surface area (Å²) in [7, 11) is 0. The minimum atomic E-state index is -1.20. The predicted octanol–water partition coefficient (Wildman–Crippen LogP) is 0.203. The minimum Gasteiger partial charge on any atom is -0.395 e. The molecule has 0 spiro atoms. The van der Waals surface area contributed by atoms with Gasteiger partial charge in [-0.15, -0.1) is 0 Å². The number of hydrogen-bond acceptors (Lipinski definition) is 8. The normalized spacial score (nSPS) is 25.2. The summed E-state index contributed by atoms with van der Waals surface area (Å²) in [5.41, 5.74) is 2.03. The lowest BCUT2D eigenvalue weighted by atomic mass is 9.94. The van der Waals surface area contributed by atoms with E-state index in [-0.39, 0.29) is 13.2 Å². The third-order valence-electron chi connectivity index (χ3n) is 5.49. The second-order valence-corrected chi connectivity index (χ2v) is 7.55. The van der Waals surface area contributed by atoms with E-state index < -0.39 is 24.4 Å². The molecule has 9 heteroatoms. The molecule has 9 nitrogen and oxygen atoms in total. The van der Waals surface area contributed by atoms with Gasteiger partial charge in [-0.3, -0.25) is 10.00 Å². The number of β-amino-alcohol motifs (C(OH)–C–C–N with tert-alkyl or cyclic N) is 1. The molecule has 0 amide bonds. The Kier molecular flexibility index (Phi) is 7.96. The SMILES string of the molecule is OC[C@@H]1[C@@H](O)[C@H](O)[C@@H](O)CN1CCCCCCNc1ccc(-c2cn[nH]c2)cn1. The summed E-state index contributed by atoms with van der Waals surface area (Å²) >= 11 is 0. The fourth-order valence-electron chi connectivity index (χ4n) is 3.72. The maximum absolute atomic E-state index is 10.00. The van der Waals surface area contributed by atoms with Crippen molar-refractivity contribution in [3.8, 4) is 11.1 Å². The van der Waals surface area contributed by atoms with Crippen molar-refractivity contribution < 1.29 is 20.4 Å². The van der Waals surface area contributed by atoms with Crippen LogP contribution in [0.5, 0.6) is 0 Å². The summed E-state index contributed by atoms with van der Waals surface area (Å²) in [6.07, 6.45) is 6.09. The molecule has 1 aliphatic rings. The van der Waals surface area contributed by atoms with Crippen LogP contribution in [0.25, 0.3) is 11.1 Å². The molecule has 3 rings (SSSR count). The number of H-pyrrole nitrogens is 1. The number of anilines is 1. The zero-order chi connectivity index (χ0) is 20.6. The fraction of sp³-hybridized carbons (Fsp3) is 0.600. The number of nitrogens with one attached hydrogen (secondary N) is 2. The lowest BCUT2D eigenvalue weighted by Gasteiger charge is -2.43. The van der Waals surface area contributed by atoms with E-state index in [2.05, 4.69) is 20.5 Å². The zero-order valence-electron chi connectivity index (χ0n) is 16.5. The monoisotopic (exact) mass is 405 g/mol. The predicted molar refractivity (Wildman–Crippen MR) is 109 cm³/mol. The van der Waals surface area contributed by atoms with Gasteiger partial charge in [0, 0.05) is 36.6 Å². The number of hydrogen-bond donors (Lipinski definition) is 6. The molecule has 0 saturated carbocycles. The topological polar surface area (TPSA) is 138 Å².